The quantitative estimate of drug-likeness (QED) is 0.500. The minimum atomic E-state index is -0.362. The highest BCUT2D eigenvalue weighted by atomic mass is 16.2. The van der Waals surface area contributed by atoms with Crippen molar-refractivity contribution in [2.75, 3.05) is 19.6 Å². The molecule has 1 aromatic heterocycles. The maximum atomic E-state index is 11.7. The number of aliphatic imine (C=N–C) groups is 1. The van der Waals surface area contributed by atoms with Gasteiger partial charge < -0.3 is 16.0 Å². The summed E-state index contributed by atoms with van der Waals surface area (Å²) in [5, 5.41) is 2.76. The summed E-state index contributed by atoms with van der Waals surface area (Å²) < 4.78 is 0. The summed E-state index contributed by atoms with van der Waals surface area (Å²) in [6, 6.07) is 5.47. The molecule has 0 bridgehead atoms. The minimum Gasteiger partial charge on any atom is -0.369 e. The molecule has 1 fully saturated rings. The standard InChI is InChI=1S/C15H23N5O/c16-14(20-11-4-1-5-12-20)19-15(21)18-10-6-8-13-7-2-3-9-17-13/h2-3,7,9H,1,4-6,8,10-12H2,(H3,16,18,19,21). The van der Waals surface area contributed by atoms with Gasteiger partial charge in [0.25, 0.3) is 0 Å². The summed E-state index contributed by atoms with van der Waals surface area (Å²) in [6.45, 7) is 2.36. The number of carbonyl (C=O) groups excluding carboxylic acids is 1. The molecule has 21 heavy (non-hydrogen) atoms. The zero-order valence-corrected chi connectivity index (χ0v) is 12.3. The first-order valence-corrected chi connectivity index (χ1v) is 7.52. The normalized spacial score (nSPS) is 15.8. The third-order valence-electron chi connectivity index (χ3n) is 3.51. The number of nitrogens with zero attached hydrogens (tertiary/aromatic N) is 3. The number of pyridine rings is 1. The fraction of sp³-hybridized carbons (Fsp3) is 0.533. The van der Waals surface area contributed by atoms with E-state index in [4.69, 9.17) is 5.73 Å². The van der Waals surface area contributed by atoms with Gasteiger partial charge in [-0.25, -0.2) is 4.79 Å². The number of rotatable bonds is 4. The van der Waals surface area contributed by atoms with Crippen molar-refractivity contribution in [2.24, 2.45) is 10.7 Å². The van der Waals surface area contributed by atoms with E-state index < -0.39 is 0 Å². The van der Waals surface area contributed by atoms with E-state index in [0.29, 0.717) is 12.5 Å². The number of aryl methyl sites for hydroxylation is 1. The lowest BCUT2D eigenvalue weighted by atomic mass is 10.1. The molecule has 0 unspecified atom stereocenters. The molecule has 0 spiro atoms. The fourth-order valence-corrected chi connectivity index (χ4v) is 2.35. The van der Waals surface area contributed by atoms with Gasteiger partial charge in [-0.2, -0.15) is 4.99 Å². The van der Waals surface area contributed by atoms with Crippen molar-refractivity contribution in [3.8, 4) is 0 Å². The van der Waals surface area contributed by atoms with Crippen molar-refractivity contribution >= 4 is 12.0 Å². The van der Waals surface area contributed by atoms with Crippen LogP contribution in [0.15, 0.2) is 29.4 Å². The summed E-state index contributed by atoms with van der Waals surface area (Å²) in [6.07, 6.45) is 6.90. The highest BCUT2D eigenvalue weighted by molar-refractivity contribution is 5.91. The van der Waals surface area contributed by atoms with Gasteiger partial charge in [0.15, 0.2) is 0 Å². The lowest BCUT2D eigenvalue weighted by Gasteiger charge is -2.27. The number of nitrogens with one attached hydrogen (secondary N) is 1. The van der Waals surface area contributed by atoms with Crippen molar-refractivity contribution in [2.45, 2.75) is 32.1 Å². The Labute approximate surface area is 125 Å². The molecule has 0 aliphatic carbocycles. The summed E-state index contributed by atoms with van der Waals surface area (Å²) in [5.74, 6) is 0.330. The average Bonchev–Trinajstić information content (AvgIpc) is 2.53. The molecule has 1 aliphatic heterocycles. The van der Waals surface area contributed by atoms with Gasteiger partial charge in [0.2, 0.25) is 5.96 Å². The van der Waals surface area contributed by atoms with Crippen molar-refractivity contribution in [1.29, 1.82) is 0 Å². The molecule has 2 heterocycles. The summed E-state index contributed by atoms with van der Waals surface area (Å²) in [4.78, 5) is 21.8. The van der Waals surface area contributed by atoms with Crippen LogP contribution in [-0.4, -0.2) is 41.5 Å². The van der Waals surface area contributed by atoms with Gasteiger partial charge in [0.1, 0.15) is 0 Å². The third-order valence-corrected chi connectivity index (χ3v) is 3.51. The largest absolute Gasteiger partial charge is 0.369 e. The maximum Gasteiger partial charge on any atom is 0.344 e. The molecule has 0 radical (unpaired) electrons. The van der Waals surface area contributed by atoms with Crippen molar-refractivity contribution in [3.05, 3.63) is 30.1 Å². The Hall–Kier alpha value is -2.11. The van der Waals surface area contributed by atoms with Gasteiger partial charge >= 0.3 is 6.03 Å². The number of guanidine groups is 1. The van der Waals surface area contributed by atoms with E-state index in [-0.39, 0.29) is 6.03 Å². The number of hydrogen-bond acceptors (Lipinski definition) is 2. The Morgan fingerprint density at radius 3 is 2.86 bits per heavy atom. The molecule has 0 aromatic carbocycles. The molecule has 2 amide bonds. The zero-order valence-electron chi connectivity index (χ0n) is 12.3. The Bertz CT molecular complexity index is 468. The van der Waals surface area contributed by atoms with Crippen LogP contribution in [-0.2, 0) is 6.42 Å². The van der Waals surface area contributed by atoms with Gasteiger partial charge in [-0.3, -0.25) is 4.98 Å². The molecule has 3 N–H and O–H groups in total. The number of piperidine rings is 1. The molecule has 1 aromatic rings. The van der Waals surface area contributed by atoms with Gasteiger partial charge in [-0.1, -0.05) is 6.07 Å². The first-order chi connectivity index (χ1) is 10.3. The first kappa shape index (κ1) is 15.3. The van der Waals surface area contributed by atoms with Crippen LogP contribution in [0.3, 0.4) is 0 Å². The number of likely N-dealkylation sites (tertiary alicyclic amines) is 1. The maximum absolute atomic E-state index is 11.7. The number of urea groups is 1. The van der Waals surface area contributed by atoms with Crippen LogP contribution in [0.4, 0.5) is 4.79 Å². The number of amides is 2. The van der Waals surface area contributed by atoms with Gasteiger partial charge in [0, 0.05) is 31.5 Å². The van der Waals surface area contributed by atoms with Crippen LogP contribution >= 0.6 is 0 Å². The SMILES string of the molecule is NC(=NC(=O)NCCCc1ccccn1)N1CCCCC1. The Morgan fingerprint density at radius 2 is 2.14 bits per heavy atom. The lowest BCUT2D eigenvalue weighted by molar-refractivity contribution is 0.248. The minimum absolute atomic E-state index is 0.330. The number of aromatic nitrogens is 1. The molecule has 6 heteroatoms. The Morgan fingerprint density at radius 1 is 1.33 bits per heavy atom. The molecule has 0 saturated carbocycles. The second-order valence-corrected chi connectivity index (χ2v) is 5.17. The number of hydrogen-bond donors (Lipinski definition) is 2. The second-order valence-electron chi connectivity index (χ2n) is 5.17. The van der Waals surface area contributed by atoms with Crippen LogP contribution in [0.5, 0.6) is 0 Å². The zero-order chi connectivity index (χ0) is 14.9. The van der Waals surface area contributed by atoms with Crippen LogP contribution < -0.4 is 11.1 Å². The summed E-state index contributed by atoms with van der Waals surface area (Å²) in [5.41, 5.74) is 6.88. The predicted octanol–water partition coefficient (Wildman–Crippen LogP) is 1.52. The fourth-order valence-electron chi connectivity index (χ4n) is 2.35. The van der Waals surface area contributed by atoms with Crippen LogP contribution in [0.25, 0.3) is 0 Å². The van der Waals surface area contributed by atoms with Crippen molar-refractivity contribution < 1.29 is 4.79 Å². The Balaban J connectivity index is 1.67. The van der Waals surface area contributed by atoms with E-state index in [1.807, 2.05) is 23.1 Å². The summed E-state index contributed by atoms with van der Waals surface area (Å²) >= 11 is 0. The van der Waals surface area contributed by atoms with E-state index in [0.717, 1.165) is 44.5 Å². The molecule has 1 aliphatic rings. The molecule has 1 saturated heterocycles. The highest BCUT2D eigenvalue weighted by Gasteiger charge is 2.13. The van der Waals surface area contributed by atoms with Crippen molar-refractivity contribution in [1.82, 2.24) is 15.2 Å². The highest BCUT2D eigenvalue weighted by Crippen LogP contribution is 2.07. The van der Waals surface area contributed by atoms with Crippen LogP contribution in [0, 0.1) is 0 Å². The third kappa shape index (κ3) is 5.41. The molecule has 0 atom stereocenters. The number of nitrogens with two attached hydrogens (primary N) is 1. The predicted molar refractivity (Wildman–Crippen MR) is 83.0 cm³/mol. The molecule has 114 valence electrons. The molecular weight excluding hydrogens is 266 g/mol. The van der Waals surface area contributed by atoms with Gasteiger partial charge in [0.05, 0.1) is 0 Å². The smallest absolute Gasteiger partial charge is 0.344 e. The summed E-state index contributed by atoms with van der Waals surface area (Å²) in [7, 11) is 0. The first-order valence-electron chi connectivity index (χ1n) is 7.52. The average molecular weight is 289 g/mol. The molecule has 2 rings (SSSR count). The van der Waals surface area contributed by atoms with Crippen LogP contribution in [0.2, 0.25) is 0 Å². The topological polar surface area (TPSA) is 83.6 Å². The van der Waals surface area contributed by atoms with E-state index in [9.17, 15) is 4.79 Å². The Kier molecular flexibility index (Phi) is 5.99. The van der Waals surface area contributed by atoms with E-state index in [1.54, 1.807) is 6.20 Å². The molecular formula is C15H23N5O. The van der Waals surface area contributed by atoms with Crippen LogP contribution in [0.1, 0.15) is 31.4 Å². The van der Waals surface area contributed by atoms with Gasteiger partial charge in [-0.15, -0.1) is 0 Å². The van der Waals surface area contributed by atoms with E-state index in [1.165, 1.54) is 6.42 Å². The lowest BCUT2D eigenvalue weighted by Crippen LogP contribution is -2.42. The van der Waals surface area contributed by atoms with E-state index in [2.05, 4.69) is 15.3 Å². The van der Waals surface area contributed by atoms with Gasteiger partial charge in [-0.05, 0) is 44.2 Å². The second kappa shape index (κ2) is 8.24. The van der Waals surface area contributed by atoms with E-state index >= 15 is 0 Å². The number of carbonyl (C=O) groups is 1. The van der Waals surface area contributed by atoms with Crippen molar-refractivity contribution in [3.63, 3.8) is 0 Å². The molecule has 6 nitrogen and oxygen atoms in total. The monoisotopic (exact) mass is 289 g/mol.